The fourth-order valence-corrected chi connectivity index (χ4v) is 2.51. The maximum Gasteiger partial charge on any atom is 0.253 e. The Morgan fingerprint density at radius 1 is 1.20 bits per heavy atom. The van der Waals surface area contributed by atoms with Crippen LogP contribution in [0.5, 0.6) is 0 Å². The summed E-state index contributed by atoms with van der Waals surface area (Å²) in [6.07, 6.45) is 0. The number of hydrogen-bond donors (Lipinski definition) is 2. The van der Waals surface area contributed by atoms with Crippen molar-refractivity contribution in [3.63, 3.8) is 0 Å². The van der Waals surface area contributed by atoms with Gasteiger partial charge in [0, 0.05) is 37.5 Å². The Morgan fingerprint density at radius 3 is 2.68 bits per heavy atom. The fraction of sp³-hybridized carbons (Fsp3) is 0.278. The molecule has 7 heteroatoms. The number of nitrogens with one attached hydrogen (secondary N) is 2. The highest BCUT2D eigenvalue weighted by Crippen LogP contribution is 2.19. The highest BCUT2D eigenvalue weighted by Gasteiger charge is 2.10. The minimum atomic E-state index is -0.377. The molecule has 0 unspecified atom stereocenters. The van der Waals surface area contributed by atoms with Crippen molar-refractivity contribution in [2.75, 3.05) is 24.3 Å². The molecule has 3 rings (SSSR count). The van der Waals surface area contributed by atoms with Crippen molar-refractivity contribution in [3.8, 4) is 0 Å². The van der Waals surface area contributed by atoms with Crippen LogP contribution in [0.3, 0.4) is 0 Å². The summed E-state index contributed by atoms with van der Waals surface area (Å²) in [5, 5.41) is 3.99. The van der Waals surface area contributed by atoms with E-state index in [2.05, 4.69) is 20.3 Å². The Bertz CT molecular complexity index is 997. The number of anilines is 2. The van der Waals surface area contributed by atoms with Crippen molar-refractivity contribution >= 4 is 22.7 Å². The molecule has 0 fully saturated rings. The normalized spacial score (nSPS) is 10.9. The van der Waals surface area contributed by atoms with Gasteiger partial charge in [-0.15, -0.1) is 0 Å². The van der Waals surface area contributed by atoms with Crippen LogP contribution >= 0.6 is 0 Å². The molecule has 0 spiro atoms. The van der Waals surface area contributed by atoms with E-state index in [4.69, 9.17) is 0 Å². The van der Waals surface area contributed by atoms with Crippen LogP contribution in [-0.2, 0) is 6.54 Å². The molecule has 0 aliphatic carbocycles. The van der Waals surface area contributed by atoms with Gasteiger partial charge in [-0.25, -0.2) is 9.37 Å². The highest BCUT2D eigenvalue weighted by atomic mass is 19.1. The predicted molar refractivity (Wildman–Crippen MR) is 97.7 cm³/mol. The van der Waals surface area contributed by atoms with Gasteiger partial charge in [0.1, 0.15) is 11.6 Å². The number of halogens is 1. The largest absolute Gasteiger partial charge is 0.365 e. The molecule has 3 aromatic rings. The van der Waals surface area contributed by atoms with Gasteiger partial charge < -0.3 is 15.2 Å². The summed E-state index contributed by atoms with van der Waals surface area (Å²) in [5.74, 6) is 0.917. The van der Waals surface area contributed by atoms with E-state index in [1.54, 1.807) is 12.1 Å². The Labute approximate surface area is 144 Å². The number of rotatable bonds is 4. The third-order valence-corrected chi connectivity index (χ3v) is 4.11. The molecule has 0 bridgehead atoms. The van der Waals surface area contributed by atoms with Crippen LogP contribution in [0.25, 0.3) is 10.9 Å². The van der Waals surface area contributed by atoms with Gasteiger partial charge in [0.2, 0.25) is 5.95 Å². The van der Waals surface area contributed by atoms with Crippen LogP contribution in [0.15, 0.2) is 29.1 Å². The second-order valence-electron chi connectivity index (χ2n) is 6.19. The first-order valence-electron chi connectivity index (χ1n) is 7.93. The van der Waals surface area contributed by atoms with E-state index in [1.165, 1.54) is 12.1 Å². The topological polar surface area (TPSA) is 73.9 Å². The Morgan fingerprint density at radius 2 is 1.96 bits per heavy atom. The average molecular weight is 341 g/mol. The van der Waals surface area contributed by atoms with E-state index in [9.17, 15) is 9.18 Å². The van der Waals surface area contributed by atoms with Crippen molar-refractivity contribution in [2.24, 2.45) is 0 Å². The van der Waals surface area contributed by atoms with Crippen molar-refractivity contribution in [1.29, 1.82) is 0 Å². The van der Waals surface area contributed by atoms with E-state index in [0.717, 1.165) is 16.6 Å². The minimum absolute atomic E-state index is 0.248. The van der Waals surface area contributed by atoms with Gasteiger partial charge in [0.05, 0.1) is 5.52 Å². The van der Waals surface area contributed by atoms with E-state index in [-0.39, 0.29) is 11.4 Å². The van der Waals surface area contributed by atoms with Gasteiger partial charge in [-0.2, -0.15) is 4.98 Å². The van der Waals surface area contributed by atoms with Crippen LogP contribution < -0.4 is 15.8 Å². The molecule has 0 aliphatic heterocycles. The number of nitrogens with zero attached hydrogens (tertiary/aromatic N) is 3. The molecule has 0 radical (unpaired) electrons. The molecular formula is C18H20FN5O. The summed E-state index contributed by atoms with van der Waals surface area (Å²) in [7, 11) is 3.75. The zero-order valence-electron chi connectivity index (χ0n) is 14.6. The van der Waals surface area contributed by atoms with Crippen molar-refractivity contribution in [2.45, 2.75) is 20.4 Å². The van der Waals surface area contributed by atoms with Crippen LogP contribution in [-0.4, -0.2) is 29.0 Å². The summed E-state index contributed by atoms with van der Waals surface area (Å²) in [5.41, 5.74) is 2.61. The van der Waals surface area contributed by atoms with Crippen LogP contribution in [0, 0.1) is 19.7 Å². The van der Waals surface area contributed by atoms with Crippen LogP contribution in [0.2, 0.25) is 0 Å². The Balaban J connectivity index is 1.91. The fourth-order valence-electron chi connectivity index (χ4n) is 2.51. The van der Waals surface area contributed by atoms with Gasteiger partial charge in [-0.1, -0.05) is 0 Å². The Hall–Kier alpha value is -2.96. The lowest BCUT2D eigenvalue weighted by molar-refractivity contribution is 0.629. The molecule has 1 aromatic carbocycles. The predicted octanol–water partition coefficient (Wildman–Crippen LogP) is 2.75. The maximum atomic E-state index is 13.3. The van der Waals surface area contributed by atoms with E-state index in [1.807, 2.05) is 32.8 Å². The van der Waals surface area contributed by atoms with E-state index < -0.39 is 0 Å². The van der Waals surface area contributed by atoms with Crippen molar-refractivity contribution < 1.29 is 4.39 Å². The molecule has 2 N–H and O–H groups in total. The summed E-state index contributed by atoms with van der Waals surface area (Å²) in [6.45, 7) is 4.17. The van der Waals surface area contributed by atoms with Gasteiger partial charge >= 0.3 is 0 Å². The second kappa shape index (κ2) is 6.51. The number of hydrogen-bond acceptors (Lipinski definition) is 5. The molecule has 0 atom stereocenters. The molecule has 2 heterocycles. The SMILES string of the molecule is Cc1nc(N(C)C)nc(NCc2cc3ccc(F)cc3[nH]c2=O)c1C. The molecular weight excluding hydrogens is 321 g/mol. The number of aryl methyl sites for hydroxylation is 1. The lowest BCUT2D eigenvalue weighted by Crippen LogP contribution is -2.18. The summed E-state index contributed by atoms with van der Waals surface area (Å²) >= 11 is 0. The first kappa shape index (κ1) is 16.9. The van der Waals surface area contributed by atoms with E-state index >= 15 is 0 Å². The van der Waals surface area contributed by atoms with Crippen molar-refractivity contribution in [1.82, 2.24) is 15.0 Å². The van der Waals surface area contributed by atoms with Crippen LogP contribution in [0.4, 0.5) is 16.2 Å². The van der Waals surface area contributed by atoms with Gasteiger partial charge in [0.15, 0.2) is 0 Å². The van der Waals surface area contributed by atoms with Gasteiger partial charge in [0.25, 0.3) is 5.56 Å². The third kappa shape index (κ3) is 3.45. The standard InChI is InChI=1S/C18H20FN5O/c1-10-11(2)21-18(24(3)4)23-16(10)20-9-13-7-12-5-6-14(19)8-15(12)22-17(13)25/h5-8H,9H2,1-4H3,(H,22,25)(H,20,21,23). The molecule has 0 amide bonds. The summed E-state index contributed by atoms with van der Waals surface area (Å²) in [4.78, 5) is 25.7. The maximum absolute atomic E-state index is 13.3. The second-order valence-corrected chi connectivity index (χ2v) is 6.19. The van der Waals surface area contributed by atoms with Crippen molar-refractivity contribution in [3.05, 3.63) is 57.3 Å². The smallest absolute Gasteiger partial charge is 0.253 e. The number of benzene rings is 1. The summed E-state index contributed by atoms with van der Waals surface area (Å²) < 4.78 is 13.3. The Kier molecular flexibility index (Phi) is 4.39. The molecule has 0 aliphatic rings. The van der Waals surface area contributed by atoms with Gasteiger partial charge in [-0.05, 0) is 43.5 Å². The number of aromatic nitrogens is 3. The molecule has 2 aromatic heterocycles. The first-order valence-corrected chi connectivity index (χ1v) is 7.93. The third-order valence-electron chi connectivity index (χ3n) is 4.11. The first-order chi connectivity index (χ1) is 11.8. The molecule has 25 heavy (non-hydrogen) atoms. The number of pyridine rings is 1. The van der Waals surface area contributed by atoms with E-state index in [0.29, 0.717) is 29.4 Å². The monoisotopic (exact) mass is 341 g/mol. The molecule has 130 valence electrons. The number of H-pyrrole nitrogens is 1. The average Bonchev–Trinajstić information content (AvgIpc) is 2.56. The number of fused-ring (bicyclic) bond motifs is 1. The number of aromatic amines is 1. The lowest BCUT2D eigenvalue weighted by Gasteiger charge is -2.16. The molecule has 6 nitrogen and oxygen atoms in total. The zero-order valence-corrected chi connectivity index (χ0v) is 14.6. The molecule has 0 saturated carbocycles. The van der Waals surface area contributed by atoms with Crippen LogP contribution in [0.1, 0.15) is 16.8 Å². The minimum Gasteiger partial charge on any atom is -0.365 e. The summed E-state index contributed by atoms with van der Waals surface area (Å²) in [6, 6.07) is 6.10. The quantitative estimate of drug-likeness (QED) is 0.763. The zero-order chi connectivity index (χ0) is 18.1. The lowest BCUT2D eigenvalue weighted by atomic mass is 10.1. The highest BCUT2D eigenvalue weighted by molar-refractivity contribution is 5.78. The molecule has 0 saturated heterocycles. The van der Waals surface area contributed by atoms with Gasteiger partial charge in [-0.3, -0.25) is 4.79 Å².